The molecule has 4 rings (SSSR count). The van der Waals surface area contributed by atoms with E-state index in [0.717, 1.165) is 17.1 Å². The maximum atomic E-state index is 5.80. The summed E-state index contributed by atoms with van der Waals surface area (Å²) >= 11 is 1.34. The maximum absolute atomic E-state index is 5.80. The van der Waals surface area contributed by atoms with Gasteiger partial charge in [0.2, 0.25) is 11.8 Å². The molecule has 4 aromatic rings. The highest BCUT2D eigenvalue weighted by Crippen LogP contribution is 2.34. The van der Waals surface area contributed by atoms with Crippen molar-refractivity contribution < 1.29 is 18.3 Å². The van der Waals surface area contributed by atoms with E-state index in [2.05, 4.69) is 20.4 Å². The zero-order valence-corrected chi connectivity index (χ0v) is 17.5. The molecule has 2 heterocycles. The molecule has 2 aromatic carbocycles. The quantitative estimate of drug-likeness (QED) is 0.367. The predicted molar refractivity (Wildman–Crippen MR) is 110 cm³/mol. The second kappa shape index (κ2) is 9.00. The Bertz CT molecular complexity index is 1090. The number of methoxy groups -OCH3 is 1. The molecule has 0 fully saturated rings. The van der Waals surface area contributed by atoms with Crippen LogP contribution < -0.4 is 9.47 Å². The van der Waals surface area contributed by atoms with Crippen LogP contribution in [0.25, 0.3) is 11.5 Å². The largest absolute Gasteiger partial charge is 0.497 e. The third-order valence-electron chi connectivity index (χ3n) is 4.23. The number of rotatable bonds is 8. The Morgan fingerprint density at radius 3 is 2.37 bits per heavy atom. The fourth-order valence-electron chi connectivity index (χ4n) is 2.57. The van der Waals surface area contributed by atoms with Crippen LogP contribution in [0.5, 0.6) is 11.5 Å². The average Bonchev–Trinajstić information content (AvgIpc) is 3.43. The molecule has 9 heteroatoms. The van der Waals surface area contributed by atoms with Crippen molar-refractivity contribution in [3.63, 3.8) is 0 Å². The summed E-state index contributed by atoms with van der Waals surface area (Å²) in [5.74, 6) is 2.83. The SMILES string of the molecule is COc1ccc(-c2nnc([C@@H](C)Sc3nnc(COc4ccc(C)cc4)o3)o2)cc1. The second-order valence-electron chi connectivity index (χ2n) is 6.50. The Morgan fingerprint density at radius 2 is 1.63 bits per heavy atom. The number of benzene rings is 2. The summed E-state index contributed by atoms with van der Waals surface area (Å²) < 4.78 is 22.3. The molecular formula is C21H20N4O4S. The molecular weight excluding hydrogens is 404 g/mol. The molecule has 0 saturated carbocycles. The number of ether oxygens (including phenoxy) is 2. The first kappa shape index (κ1) is 20.0. The number of thioether (sulfide) groups is 1. The zero-order chi connectivity index (χ0) is 20.9. The van der Waals surface area contributed by atoms with Crippen LogP contribution in [0.2, 0.25) is 0 Å². The lowest BCUT2D eigenvalue weighted by Gasteiger charge is -2.03. The third-order valence-corrected chi connectivity index (χ3v) is 5.16. The third kappa shape index (κ3) is 4.80. The molecule has 0 aliphatic heterocycles. The molecule has 0 radical (unpaired) electrons. The Labute approximate surface area is 177 Å². The van der Waals surface area contributed by atoms with E-state index in [9.17, 15) is 0 Å². The predicted octanol–water partition coefficient (Wildman–Crippen LogP) is 4.87. The van der Waals surface area contributed by atoms with Gasteiger partial charge < -0.3 is 18.3 Å². The van der Waals surface area contributed by atoms with Crippen molar-refractivity contribution in [2.45, 2.75) is 30.9 Å². The van der Waals surface area contributed by atoms with Gasteiger partial charge in [-0.15, -0.1) is 20.4 Å². The van der Waals surface area contributed by atoms with E-state index in [1.165, 1.54) is 17.3 Å². The topological polar surface area (TPSA) is 96.3 Å². The van der Waals surface area contributed by atoms with Crippen LogP contribution >= 0.6 is 11.8 Å². The van der Waals surface area contributed by atoms with Crippen molar-refractivity contribution in [3.05, 3.63) is 65.9 Å². The van der Waals surface area contributed by atoms with Gasteiger partial charge in [-0.1, -0.05) is 29.5 Å². The van der Waals surface area contributed by atoms with Gasteiger partial charge in [-0.3, -0.25) is 0 Å². The molecule has 0 saturated heterocycles. The first-order chi connectivity index (χ1) is 14.6. The lowest BCUT2D eigenvalue weighted by molar-refractivity contribution is 0.252. The minimum atomic E-state index is -0.157. The molecule has 0 N–H and O–H groups in total. The highest BCUT2D eigenvalue weighted by molar-refractivity contribution is 7.99. The van der Waals surface area contributed by atoms with Crippen molar-refractivity contribution >= 4 is 11.8 Å². The van der Waals surface area contributed by atoms with Gasteiger partial charge in [-0.25, -0.2) is 0 Å². The normalized spacial score (nSPS) is 12.0. The summed E-state index contributed by atoms with van der Waals surface area (Å²) in [6, 6.07) is 15.2. The molecule has 0 spiro atoms. The number of hydrogen-bond donors (Lipinski definition) is 0. The van der Waals surface area contributed by atoms with Gasteiger partial charge in [0, 0.05) is 5.56 Å². The van der Waals surface area contributed by atoms with E-state index in [0.29, 0.717) is 22.9 Å². The van der Waals surface area contributed by atoms with Gasteiger partial charge in [-0.2, -0.15) is 0 Å². The summed E-state index contributed by atoms with van der Waals surface area (Å²) in [6.07, 6.45) is 0. The van der Waals surface area contributed by atoms with Crippen LogP contribution in [0.15, 0.2) is 62.6 Å². The highest BCUT2D eigenvalue weighted by atomic mass is 32.2. The first-order valence-electron chi connectivity index (χ1n) is 9.27. The van der Waals surface area contributed by atoms with Gasteiger partial charge in [0.15, 0.2) is 6.61 Å². The zero-order valence-electron chi connectivity index (χ0n) is 16.7. The fourth-order valence-corrected chi connectivity index (χ4v) is 3.31. The minimum absolute atomic E-state index is 0.157. The smallest absolute Gasteiger partial charge is 0.277 e. The lowest BCUT2D eigenvalue weighted by atomic mass is 10.2. The van der Waals surface area contributed by atoms with Gasteiger partial charge in [0.1, 0.15) is 11.5 Å². The molecule has 1 atom stereocenters. The van der Waals surface area contributed by atoms with Gasteiger partial charge >= 0.3 is 0 Å². The molecule has 0 unspecified atom stereocenters. The maximum Gasteiger partial charge on any atom is 0.277 e. The number of aromatic nitrogens is 4. The monoisotopic (exact) mass is 424 g/mol. The van der Waals surface area contributed by atoms with Crippen LogP contribution in [0.4, 0.5) is 0 Å². The highest BCUT2D eigenvalue weighted by Gasteiger charge is 2.19. The van der Waals surface area contributed by atoms with Crippen molar-refractivity contribution in [3.8, 4) is 23.0 Å². The van der Waals surface area contributed by atoms with Crippen molar-refractivity contribution in [1.29, 1.82) is 0 Å². The summed E-state index contributed by atoms with van der Waals surface area (Å²) in [4.78, 5) is 0. The van der Waals surface area contributed by atoms with Crippen molar-refractivity contribution in [2.24, 2.45) is 0 Å². The molecule has 0 aliphatic rings. The minimum Gasteiger partial charge on any atom is -0.497 e. The Morgan fingerprint density at radius 1 is 0.900 bits per heavy atom. The van der Waals surface area contributed by atoms with Crippen LogP contribution in [-0.4, -0.2) is 27.5 Å². The van der Waals surface area contributed by atoms with Crippen LogP contribution in [0, 0.1) is 6.92 Å². The van der Waals surface area contributed by atoms with Crippen LogP contribution in [-0.2, 0) is 6.61 Å². The summed E-state index contributed by atoms with van der Waals surface area (Å²) in [6.45, 7) is 4.16. The average molecular weight is 424 g/mol. The van der Waals surface area contributed by atoms with Crippen molar-refractivity contribution in [2.75, 3.05) is 7.11 Å². The van der Waals surface area contributed by atoms with Crippen molar-refractivity contribution in [1.82, 2.24) is 20.4 Å². The van der Waals surface area contributed by atoms with Gasteiger partial charge in [0.25, 0.3) is 11.1 Å². The molecule has 2 aromatic heterocycles. The first-order valence-corrected chi connectivity index (χ1v) is 10.1. The summed E-state index contributed by atoms with van der Waals surface area (Å²) in [5.41, 5.74) is 1.99. The molecule has 0 aliphatic carbocycles. The lowest BCUT2D eigenvalue weighted by Crippen LogP contribution is -1.95. The Kier molecular flexibility index (Phi) is 5.99. The van der Waals surface area contributed by atoms with E-state index in [1.807, 2.05) is 62.4 Å². The number of hydrogen-bond acceptors (Lipinski definition) is 9. The van der Waals surface area contributed by atoms with E-state index < -0.39 is 0 Å². The van der Waals surface area contributed by atoms with E-state index in [4.69, 9.17) is 18.3 Å². The molecule has 0 bridgehead atoms. The van der Waals surface area contributed by atoms with E-state index >= 15 is 0 Å². The Balaban J connectivity index is 1.35. The second-order valence-corrected chi connectivity index (χ2v) is 7.79. The standard InChI is InChI=1S/C21H20N4O4S/c1-13-4-8-17(9-5-13)27-12-18-22-25-21(28-18)30-14(2)19-23-24-20(29-19)15-6-10-16(26-3)11-7-15/h4-11,14H,12H2,1-3H3/t14-/m1/s1. The summed E-state index contributed by atoms with van der Waals surface area (Å²) in [7, 11) is 1.62. The van der Waals surface area contributed by atoms with Crippen LogP contribution in [0.1, 0.15) is 29.5 Å². The van der Waals surface area contributed by atoms with E-state index in [-0.39, 0.29) is 11.9 Å². The molecule has 8 nitrogen and oxygen atoms in total. The molecule has 30 heavy (non-hydrogen) atoms. The van der Waals surface area contributed by atoms with Gasteiger partial charge in [-0.05, 0) is 50.2 Å². The van der Waals surface area contributed by atoms with Crippen LogP contribution in [0.3, 0.4) is 0 Å². The number of aryl methyl sites for hydroxylation is 1. The van der Waals surface area contributed by atoms with E-state index in [1.54, 1.807) is 7.11 Å². The summed E-state index contributed by atoms with van der Waals surface area (Å²) in [5, 5.41) is 16.6. The molecule has 0 amide bonds. The van der Waals surface area contributed by atoms with Gasteiger partial charge in [0.05, 0.1) is 12.4 Å². The fraction of sp³-hybridized carbons (Fsp3) is 0.238. The number of nitrogens with zero attached hydrogens (tertiary/aromatic N) is 4. The Hall–Kier alpha value is -3.33. The molecule has 154 valence electrons.